The summed E-state index contributed by atoms with van der Waals surface area (Å²) in [6, 6.07) is 11.5. The van der Waals surface area contributed by atoms with Crippen molar-refractivity contribution >= 4 is 17.4 Å². The summed E-state index contributed by atoms with van der Waals surface area (Å²) in [7, 11) is 5.45. The number of aliphatic hydroxyl groups is 1. The highest BCUT2D eigenvalue weighted by Gasteiger charge is 2.46. The molecule has 1 amide bonds. The molecule has 0 radical (unpaired) electrons. The van der Waals surface area contributed by atoms with Gasteiger partial charge in [0.25, 0.3) is 11.7 Å². The molecular formula is C29H38N2O6. The maximum atomic E-state index is 13.3. The fourth-order valence-corrected chi connectivity index (χ4v) is 4.27. The molecular weight excluding hydrogens is 472 g/mol. The Morgan fingerprint density at radius 1 is 1.05 bits per heavy atom. The third-order valence-corrected chi connectivity index (χ3v) is 6.06. The minimum atomic E-state index is -0.761. The van der Waals surface area contributed by atoms with Crippen molar-refractivity contribution in [1.29, 1.82) is 0 Å². The molecule has 2 aromatic carbocycles. The standard InChI is InChI=1S/C29H38N2O6/c1-7-36-23-14-11-21(17-24(23)35-6)26-25(28(33)29(34)31(26)16-8-15-30(4)5)27(32)20-9-12-22(13-10-20)37-18-19(2)3/h9-14,17,19,26,32H,7-8,15-16,18H2,1-6H3/b27-25+. The van der Waals surface area contributed by atoms with Gasteiger partial charge >= 0.3 is 0 Å². The molecule has 1 heterocycles. The molecule has 0 saturated carbocycles. The first kappa shape index (κ1) is 28.1. The van der Waals surface area contributed by atoms with Gasteiger partial charge in [-0.2, -0.15) is 0 Å². The van der Waals surface area contributed by atoms with Crippen LogP contribution in [0.3, 0.4) is 0 Å². The van der Waals surface area contributed by atoms with Crippen LogP contribution < -0.4 is 14.2 Å². The van der Waals surface area contributed by atoms with Gasteiger partial charge in [0.05, 0.1) is 31.9 Å². The molecule has 37 heavy (non-hydrogen) atoms. The van der Waals surface area contributed by atoms with Crippen molar-refractivity contribution in [3.8, 4) is 17.2 Å². The Hall–Kier alpha value is -3.52. The summed E-state index contributed by atoms with van der Waals surface area (Å²) in [6.45, 7) is 8.16. The molecule has 0 aliphatic carbocycles. The highest BCUT2D eigenvalue weighted by Crippen LogP contribution is 2.42. The molecule has 1 atom stereocenters. The van der Waals surface area contributed by atoms with E-state index in [4.69, 9.17) is 14.2 Å². The molecule has 0 aromatic heterocycles. The topological polar surface area (TPSA) is 88.5 Å². The number of carbonyl (C=O) groups excluding carboxylic acids is 2. The smallest absolute Gasteiger partial charge is 0.295 e. The number of methoxy groups -OCH3 is 1. The second-order valence-corrected chi connectivity index (χ2v) is 9.72. The largest absolute Gasteiger partial charge is 0.507 e. The lowest BCUT2D eigenvalue weighted by Gasteiger charge is -2.26. The molecule has 200 valence electrons. The Bertz CT molecular complexity index is 1120. The lowest BCUT2D eigenvalue weighted by atomic mass is 9.95. The van der Waals surface area contributed by atoms with Crippen molar-refractivity contribution < 1.29 is 28.9 Å². The summed E-state index contributed by atoms with van der Waals surface area (Å²) in [5.74, 6) is 0.544. The molecule has 1 aliphatic heterocycles. The maximum Gasteiger partial charge on any atom is 0.295 e. The van der Waals surface area contributed by atoms with Crippen LogP contribution in [0.5, 0.6) is 17.2 Å². The van der Waals surface area contributed by atoms with E-state index >= 15 is 0 Å². The maximum absolute atomic E-state index is 13.3. The number of rotatable bonds is 12. The van der Waals surface area contributed by atoms with Crippen molar-refractivity contribution in [2.45, 2.75) is 33.2 Å². The van der Waals surface area contributed by atoms with Gasteiger partial charge < -0.3 is 29.1 Å². The van der Waals surface area contributed by atoms with Crippen LogP contribution >= 0.6 is 0 Å². The van der Waals surface area contributed by atoms with Crippen LogP contribution in [0.25, 0.3) is 5.76 Å². The van der Waals surface area contributed by atoms with Gasteiger partial charge in [-0.05, 0) is 81.9 Å². The van der Waals surface area contributed by atoms with Crippen molar-refractivity contribution in [3.63, 3.8) is 0 Å². The van der Waals surface area contributed by atoms with Crippen LogP contribution in [0.2, 0.25) is 0 Å². The Balaban J connectivity index is 2.06. The number of hydrogen-bond donors (Lipinski definition) is 1. The van der Waals surface area contributed by atoms with E-state index in [9.17, 15) is 14.7 Å². The quantitative estimate of drug-likeness (QED) is 0.255. The molecule has 1 saturated heterocycles. The monoisotopic (exact) mass is 510 g/mol. The second kappa shape index (κ2) is 12.6. The summed E-state index contributed by atoms with van der Waals surface area (Å²) in [4.78, 5) is 30.0. The van der Waals surface area contributed by atoms with Gasteiger partial charge in [0.2, 0.25) is 0 Å². The van der Waals surface area contributed by atoms with Gasteiger partial charge in [-0.3, -0.25) is 9.59 Å². The summed E-state index contributed by atoms with van der Waals surface area (Å²) in [5.41, 5.74) is 1.14. The number of hydrogen-bond acceptors (Lipinski definition) is 7. The van der Waals surface area contributed by atoms with Crippen LogP contribution in [0.1, 0.15) is 44.4 Å². The van der Waals surface area contributed by atoms with Crippen molar-refractivity contribution in [2.75, 3.05) is 47.5 Å². The fourth-order valence-electron chi connectivity index (χ4n) is 4.27. The predicted octanol–water partition coefficient (Wildman–Crippen LogP) is 4.50. The zero-order chi connectivity index (χ0) is 27.1. The van der Waals surface area contributed by atoms with Crippen LogP contribution in [0.4, 0.5) is 0 Å². The third-order valence-electron chi connectivity index (χ3n) is 6.06. The van der Waals surface area contributed by atoms with Crippen LogP contribution in [0, 0.1) is 5.92 Å². The van der Waals surface area contributed by atoms with Crippen molar-refractivity contribution in [3.05, 3.63) is 59.2 Å². The zero-order valence-corrected chi connectivity index (χ0v) is 22.6. The van der Waals surface area contributed by atoms with E-state index in [0.29, 0.717) is 60.5 Å². The number of benzene rings is 2. The number of Topliss-reactive ketones (excluding diaryl/α,β-unsaturated/α-hetero) is 1. The number of amides is 1. The summed E-state index contributed by atoms with van der Waals surface area (Å²) >= 11 is 0. The fraction of sp³-hybridized carbons (Fsp3) is 0.448. The molecule has 8 nitrogen and oxygen atoms in total. The zero-order valence-electron chi connectivity index (χ0n) is 22.6. The van der Waals surface area contributed by atoms with E-state index in [1.54, 1.807) is 49.6 Å². The van der Waals surface area contributed by atoms with Crippen LogP contribution in [0.15, 0.2) is 48.0 Å². The second-order valence-electron chi connectivity index (χ2n) is 9.72. The first-order valence-electron chi connectivity index (χ1n) is 12.6. The molecule has 0 spiro atoms. The average Bonchev–Trinajstić information content (AvgIpc) is 3.12. The molecule has 1 unspecified atom stereocenters. The molecule has 0 bridgehead atoms. The normalized spacial score (nSPS) is 17.1. The first-order chi connectivity index (χ1) is 17.7. The van der Waals surface area contributed by atoms with Gasteiger partial charge in [0.15, 0.2) is 11.5 Å². The van der Waals surface area contributed by atoms with Gasteiger partial charge in [0.1, 0.15) is 11.5 Å². The van der Waals surface area contributed by atoms with E-state index in [1.807, 2.05) is 25.9 Å². The molecule has 1 fully saturated rings. The summed E-state index contributed by atoms with van der Waals surface area (Å²) in [5, 5.41) is 11.3. The molecule has 8 heteroatoms. The van der Waals surface area contributed by atoms with Crippen molar-refractivity contribution in [2.24, 2.45) is 5.92 Å². The number of aliphatic hydroxyl groups excluding tert-OH is 1. The molecule has 1 N–H and O–H groups in total. The first-order valence-corrected chi connectivity index (χ1v) is 12.6. The number of carbonyl (C=O) groups is 2. The van der Waals surface area contributed by atoms with Gasteiger partial charge in [-0.1, -0.05) is 19.9 Å². The number of nitrogens with zero attached hydrogens (tertiary/aromatic N) is 2. The van der Waals surface area contributed by atoms with E-state index in [-0.39, 0.29) is 11.3 Å². The highest BCUT2D eigenvalue weighted by molar-refractivity contribution is 6.46. The van der Waals surface area contributed by atoms with Gasteiger partial charge in [-0.15, -0.1) is 0 Å². The molecule has 2 aromatic rings. The molecule has 1 aliphatic rings. The summed E-state index contributed by atoms with van der Waals surface area (Å²) in [6.07, 6.45) is 0.673. The van der Waals surface area contributed by atoms with Gasteiger partial charge in [0, 0.05) is 12.1 Å². The van der Waals surface area contributed by atoms with Crippen LogP contribution in [-0.4, -0.2) is 74.1 Å². The lowest BCUT2D eigenvalue weighted by molar-refractivity contribution is -0.139. The van der Waals surface area contributed by atoms with Crippen LogP contribution in [-0.2, 0) is 9.59 Å². The van der Waals surface area contributed by atoms with E-state index in [2.05, 4.69) is 13.8 Å². The minimum Gasteiger partial charge on any atom is -0.507 e. The van der Waals surface area contributed by atoms with E-state index in [0.717, 1.165) is 6.54 Å². The number of ketones is 1. The number of likely N-dealkylation sites (tertiary alicyclic amines) is 1. The Kier molecular flexibility index (Phi) is 9.58. The van der Waals surface area contributed by atoms with Crippen molar-refractivity contribution in [1.82, 2.24) is 9.80 Å². The summed E-state index contributed by atoms with van der Waals surface area (Å²) < 4.78 is 16.9. The number of ether oxygens (including phenoxy) is 3. The van der Waals surface area contributed by atoms with Gasteiger partial charge in [-0.25, -0.2) is 0 Å². The Morgan fingerprint density at radius 3 is 2.35 bits per heavy atom. The SMILES string of the molecule is CCOc1ccc(C2/C(=C(\O)c3ccc(OCC(C)C)cc3)C(=O)C(=O)N2CCCN(C)C)cc1OC. The predicted molar refractivity (Wildman–Crippen MR) is 143 cm³/mol. The molecule has 3 rings (SSSR count). The average molecular weight is 511 g/mol. The minimum absolute atomic E-state index is 0.0527. The Morgan fingerprint density at radius 2 is 1.76 bits per heavy atom. The Labute approximate surface area is 219 Å². The highest BCUT2D eigenvalue weighted by atomic mass is 16.5. The van der Waals surface area contributed by atoms with E-state index < -0.39 is 17.7 Å². The third kappa shape index (κ3) is 6.63. The lowest BCUT2D eigenvalue weighted by Crippen LogP contribution is -2.32. The van der Waals surface area contributed by atoms with E-state index in [1.165, 1.54) is 4.90 Å².